The average Bonchev–Trinajstić information content (AvgIpc) is 2.69. The van der Waals surface area contributed by atoms with Crippen LogP contribution in [0.4, 0.5) is 0 Å². The molecule has 6 nitrogen and oxygen atoms in total. The van der Waals surface area contributed by atoms with Gasteiger partial charge in [0.1, 0.15) is 0 Å². The van der Waals surface area contributed by atoms with Crippen LogP contribution < -0.4 is 0 Å². The Morgan fingerprint density at radius 3 is 0.654 bits per heavy atom. The second kappa shape index (κ2) is 56.8. The minimum absolute atomic E-state index is 0.300. The Kier molecular flexibility index (Phi) is 108. The van der Waals surface area contributed by atoms with Crippen molar-refractivity contribution in [1.29, 1.82) is 0 Å². The molecule has 0 saturated heterocycles. The van der Waals surface area contributed by atoms with Crippen LogP contribution >= 0.6 is 0 Å². The lowest BCUT2D eigenvalue weighted by molar-refractivity contribution is 0.227. The van der Waals surface area contributed by atoms with E-state index in [9.17, 15) is 16.8 Å². The quantitative estimate of drug-likeness (QED) is 0.372. The molecule has 0 radical (unpaired) electrons. The van der Waals surface area contributed by atoms with Crippen LogP contribution in [0, 0.1) is 0 Å². The Bertz CT molecular complexity index is 363. The van der Waals surface area contributed by atoms with Crippen LogP contribution in [0.3, 0.4) is 0 Å². The Morgan fingerprint density at radius 2 is 0.577 bits per heavy atom. The fourth-order valence-corrected chi connectivity index (χ4v) is 1.11. The van der Waals surface area contributed by atoms with Gasteiger partial charge in [0.2, 0.25) is 0 Å². The van der Waals surface area contributed by atoms with Crippen molar-refractivity contribution in [3.63, 3.8) is 0 Å². The Hall–Kier alpha value is -2.00. The van der Waals surface area contributed by atoms with Gasteiger partial charge in [-0.15, -0.1) is 92.1 Å². The highest BCUT2D eigenvalue weighted by Crippen LogP contribution is 1.89. The van der Waals surface area contributed by atoms with E-state index in [0.29, 0.717) is 0 Å². The Labute approximate surface area is 163 Å². The van der Waals surface area contributed by atoms with Crippen molar-refractivity contribution in [3.05, 3.63) is 92.1 Å². The molecule has 0 bridgehead atoms. The number of hydrogen-bond acceptors (Lipinski definition) is 6. The van der Waals surface area contributed by atoms with E-state index in [0.717, 1.165) is 12.5 Å². The summed E-state index contributed by atoms with van der Waals surface area (Å²) in [6.45, 7) is 41.4. The first kappa shape index (κ1) is 49.6. The molecule has 0 rings (SSSR count). The third-order valence-electron chi connectivity index (χ3n) is 0.678. The van der Waals surface area contributed by atoms with Gasteiger partial charge in [-0.05, 0) is 0 Å². The van der Waals surface area contributed by atoms with Gasteiger partial charge < -0.3 is 0 Å². The Balaban J connectivity index is -0.0000000323. The van der Waals surface area contributed by atoms with Crippen LogP contribution in [0.25, 0.3) is 0 Å². The van der Waals surface area contributed by atoms with Crippen LogP contribution in [-0.4, -0.2) is 42.6 Å². The molecule has 0 fully saturated rings. The monoisotopic (exact) mass is 414 g/mol. The summed E-state index contributed by atoms with van der Waals surface area (Å²) in [5.41, 5.74) is 0. The lowest BCUT2D eigenvalue weighted by Crippen LogP contribution is -2.12. The predicted molar refractivity (Wildman–Crippen MR) is 120 cm³/mol. The molecule has 0 aliphatic heterocycles. The zero-order valence-electron chi connectivity index (χ0n) is 16.6. The molecule has 8 heteroatoms. The minimum Gasteiger partial charge on any atom is -0.268 e. The SMILES string of the molecule is C=C.C=C.C=C.C=C.C=C.C=C.C=C.CS(=O)(=O)OCCOS(C)(=O)=O. The molecule has 26 heavy (non-hydrogen) atoms. The second-order valence-electron chi connectivity index (χ2n) is 2.05. The van der Waals surface area contributed by atoms with Crippen molar-refractivity contribution in [3.8, 4) is 0 Å². The maximum Gasteiger partial charge on any atom is 0.264 e. The summed E-state index contributed by atoms with van der Waals surface area (Å²) >= 11 is 0. The van der Waals surface area contributed by atoms with Crippen molar-refractivity contribution < 1.29 is 25.2 Å². The van der Waals surface area contributed by atoms with Crippen molar-refractivity contribution in [2.45, 2.75) is 0 Å². The van der Waals surface area contributed by atoms with E-state index in [1.165, 1.54) is 0 Å². The van der Waals surface area contributed by atoms with Crippen molar-refractivity contribution >= 4 is 20.2 Å². The molecule has 0 aliphatic carbocycles. The smallest absolute Gasteiger partial charge is 0.264 e. The summed E-state index contributed by atoms with van der Waals surface area (Å²) in [4.78, 5) is 0. The first-order chi connectivity index (χ1) is 12.2. The molecule has 0 unspecified atom stereocenters. The lowest BCUT2D eigenvalue weighted by atomic mass is 10.8. The molecular formula is C18H38O6S2. The maximum atomic E-state index is 10.3. The van der Waals surface area contributed by atoms with Crippen LogP contribution in [0.2, 0.25) is 0 Å². The summed E-state index contributed by atoms with van der Waals surface area (Å²) < 4.78 is 49.7. The third-order valence-corrected chi connectivity index (χ3v) is 1.87. The fraction of sp³-hybridized carbons (Fsp3) is 0.222. The maximum absolute atomic E-state index is 10.3. The van der Waals surface area contributed by atoms with E-state index in [2.05, 4.69) is 100 Å². The van der Waals surface area contributed by atoms with E-state index in [-0.39, 0.29) is 13.2 Å². The average molecular weight is 415 g/mol. The molecule has 0 amide bonds. The molecule has 0 atom stereocenters. The zero-order valence-corrected chi connectivity index (χ0v) is 18.2. The molecule has 0 aromatic heterocycles. The van der Waals surface area contributed by atoms with E-state index in [1.54, 1.807) is 0 Å². The highest BCUT2D eigenvalue weighted by Gasteiger charge is 2.04. The van der Waals surface area contributed by atoms with Gasteiger partial charge in [-0.3, -0.25) is 8.37 Å². The first-order valence-corrected chi connectivity index (χ1v) is 10.0. The highest BCUT2D eigenvalue weighted by molar-refractivity contribution is 7.86. The van der Waals surface area contributed by atoms with Gasteiger partial charge in [0.15, 0.2) is 0 Å². The molecule has 0 saturated carbocycles. The zero-order chi connectivity index (χ0) is 23.8. The summed E-state index contributed by atoms with van der Waals surface area (Å²) in [7, 11) is -7.03. The van der Waals surface area contributed by atoms with E-state index < -0.39 is 20.2 Å². The van der Waals surface area contributed by atoms with Crippen LogP contribution in [0.15, 0.2) is 92.1 Å². The third kappa shape index (κ3) is 198. The molecule has 0 spiro atoms. The lowest BCUT2D eigenvalue weighted by Gasteiger charge is -2.00. The normalized spacial score (nSPS) is 7.15. The first-order valence-electron chi connectivity index (χ1n) is 6.39. The summed E-state index contributed by atoms with van der Waals surface area (Å²) in [5.74, 6) is 0. The van der Waals surface area contributed by atoms with Gasteiger partial charge in [0, 0.05) is 0 Å². The van der Waals surface area contributed by atoms with Crippen LogP contribution in [0.1, 0.15) is 0 Å². The molecular weight excluding hydrogens is 376 g/mol. The highest BCUT2D eigenvalue weighted by atomic mass is 32.2. The van der Waals surface area contributed by atoms with Gasteiger partial charge in [0.05, 0.1) is 25.7 Å². The largest absolute Gasteiger partial charge is 0.268 e. The molecule has 0 aromatic rings. The van der Waals surface area contributed by atoms with Crippen LogP contribution in [0.5, 0.6) is 0 Å². The fourth-order valence-electron chi connectivity index (χ4n) is 0.371. The van der Waals surface area contributed by atoms with Crippen molar-refractivity contribution in [1.82, 2.24) is 0 Å². The topological polar surface area (TPSA) is 86.7 Å². The minimum atomic E-state index is -3.52. The summed E-state index contributed by atoms with van der Waals surface area (Å²) in [6, 6.07) is 0. The molecule has 0 aliphatic rings. The van der Waals surface area contributed by atoms with Gasteiger partial charge in [0.25, 0.3) is 20.2 Å². The van der Waals surface area contributed by atoms with Crippen LogP contribution in [-0.2, 0) is 28.6 Å². The predicted octanol–water partition coefficient (Wildman–Crippen LogP) is 4.55. The molecule has 0 N–H and O–H groups in total. The standard InChI is InChI=1S/C4H10O6S2.7C2H4/c1-11(5,6)9-3-4-10-12(2,7)8;7*1-2/h3-4H2,1-2H3;7*1-2H2. The molecule has 0 aromatic carbocycles. The van der Waals surface area contributed by atoms with E-state index >= 15 is 0 Å². The van der Waals surface area contributed by atoms with E-state index in [1.807, 2.05) is 0 Å². The summed E-state index contributed by atoms with van der Waals surface area (Å²) in [6.07, 6.45) is 1.74. The molecule has 0 heterocycles. The van der Waals surface area contributed by atoms with Gasteiger partial charge >= 0.3 is 0 Å². The van der Waals surface area contributed by atoms with E-state index in [4.69, 9.17) is 0 Å². The molecule has 158 valence electrons. The van der Waals surface area contributed by atoms with Crippen molar-refractivity contribution in [2.75, 3.05) is 25.7 Å². The number of rotatable bonds is 5. The Morgan fingerprint density at radius 1 is 0.462 bits per heavy atom. The summed E-state index contributed by atoms with van der Waals surface area (Å²) in [5, 5.41) is 0. The van der Waals surface area contributed by atoms with Crippen molar-refractivity contribution in [2.24, 2.45) is 0 Å². The van der Waals surface area contributed by atoms with Gasteiger partial charge in [-0.1, -0.05) is 0 Å². The number of hydrogen-bond donors (Lipinski definition) is 0. The van der Waals surface area contributed by atoms with Gasteiger partial charge in [-0.25, -0.2) is 0 Å². The van der Waals surface area contributed by atoms with Gasteiger partial charge in [-0.2, -0.15) is 16.8 Å². The second-order valence-corrected chi connectivity index (χ2v) is 5.34.